The first-order valence-electron chi connectivity index (χ1n) is 7.99. The minimum absolute atomic E-state index is 0.508. The van der Waals surface area contributed by atoms with Crippen molar-refractivity contribution in [2.24, 2.45) is 0 Å². The van der Waals surface area contributed by atoms with Gasteiger partial charge in [-0.1, -0.05) is 30.3 Å². The second-order valence-corrected chi connectivity index (χ2v) is 5.60. The number of hydrogen-bond acceptors (Lipinski definition) is 4. The fourth-order valence-electron chi connectivity index (χ4n) is 2.68. The summed E-state index contributed by atoms with van der Waals surface area (Å²) in [5.74, 6) is 2.19. The fourth-order valence-corrected chi connectivity index (χ4v) is 2.68. The van der Waals surface area contributed by atoms with E-state index in [1.165, 1.54) is 0 Å². The van der Waals surface area contributed by atoms with E-state index in [-0.39, 0.29) is 0 Å². The van der Waals surface area contributed by atoms with Gasteiger partial charge in [-0.05, 0) is 35.9 Å². The fraction of sp³-hybridized carbons (Fsp3) is 0.100. The first-order chi connectivity index (χ1) is 12.3. The van der Waals surface area contributed by atoms with Gasteiger partial charge < -0.3 is 14.5 Å². The van der Waals surface area contributed by atoms with Crippen LogP contribution in [0, 0.1) is 0 Å². The Bertz CT molecular complexity index is 963. The highest BCUT2D eigenvalue weighted by atomic mass is 16.5. The molecule has 25 heavy (non-hydrogen) atoms. The molecule has 0 saturated heterocycles. The average Bonchev–Trinajstić information content (AvgIpc) is 3.11. The van der Waals surface area contributed by atoms with Crippen molar-refractivity contribution < 1.29 is 9.47 Å². The van der Waals surface area contributed by atoms with Gasteiger partial charge in [0.25, 0.3) is 0 Å². The molecule has 2 aromatic carbocycles. The molecule has 0 unspecified atom stereocenters. The number of aromatic nitrogens is 3. The molecule has 2 heterocycles. The molecule has 0 aliphatic heterocycles. The minimum Gasteiger partial charge on any atom is -0.496 e. The Labute approximate surface area is 145 Å². The number of imidazole rings is 1. The number of H-pyrrole nitrogens is 1. The Balaban J connectivity index is 1.66. The predicted octanol–water partition coefficient (Wildman–Crippen LogP) is 4.21. The van der Waals surface area contributed by atoms with Crippen LogP contribution in [-0.2, 0) is 6.61 Å². The lowest BCUT2D eigenvalue weighted by Crippen LogP contribution is -1.96. The zero-order valence-electron chi connectivity index (χ0n) is 13.8. The van der Waals surface area contributed by atoms with Crippen molar-refractivity contribution in [3.05, 3.63) is 72.4 Å². The molecule has 5 heteroatoms. The van der Waals surface area contributed by atoms with Gasteiger partial charge in [0.2, 0.25) is 0 Å². The summed E-state index contributed by atoms with van der Waals surface area (Å²) in [7, 11) is 1.64. The van der Waals surface area contributed by atoms with Gasteiger partial charge in [0.05, 0.1) is 18.2 Å². The van der Waals surface area contributed by atoms with Crippen LogP contribution in [0.5, 0.6) is 11.5 Å². The Hall–Kier alpha value is -3.34. The number of rotatable bonds is 5. The van der Waals surface area contributed by atoms with E-state index in [0.717, 1.165) is 28.1 Å². The van der Waals surface area contributed by atoms with Gasteiger partial charge in [0.1, 0.15) is 23.9 Å². The summed E-state index contributed by atoms with van der Waals surface area (Å²) in [6.45, 7) is 0.508. The maximum atomic E-state index is 5.91. The molecule has 2 aromatic heterocycles. The number of aromatic amines is 1. The highest BCUT2D eigenvalue weighted by Crippen LogP contribution is 2.32. The van der Waals surface area contributed by atoms with Crippen molar-refractivity contribution in [1.29, 1.82) is 0 Å². The van der Waals surface area contributed by atoms with E-state index >= 15 is 0 Å². The highest BCUT2D eigenvalue weighted by molar-refractivity contribution is 5.78. The summed E-state index contributed by atoms with van der Waals surface area (Å²) in [4.78, 5) is 12.1. The second kappa shape index (κ2) is 6.65. The molecule has 0 aliphatic carbocycles. The van der Waals surface area contributed by atoms with Gasteiger partial charge in [-0.15, -0.1) is 0 Å². The standard InChI is InChI=1S/C20H17N3O2/c1-24-18-10-9-15(25-13-14-6-3-2-4-7-14)12-16(18)19-22-17-8-5-11-21-20(17)23-19/h2-12H,13H2,1H3,(H,21,22,23). The molecular weight excluding hydrogens is 314 g/mol. The molecule has 0 aliphatic rings. The summed E-state index contributed by atoms with van der Waals surface area (Å²) in [6, 6.07) is 19.6. The summed E-state index contributed by atoms with van der Waals surface area (Å²) >= 11 is 0. The molecular formula is C20H17N3O2. The van der Waals surface area contributed by atoms with Gasteiger partial charge in [-0.25, -0.2) is 9.97 Å². The summed E-state index contributed by atoms with van der Waals surface area (Å²) in [6.07, 6.45) is 1.73. The maximum absolute atomic E-state index is 5.91. The van der Waals surface area contributed by atoms with Crippen LogP contribution in [0.1, 0.15) is 5.56 Å². The molecule has 0 radical (unpaired) electrons. The van der Waals surface area contributed by atoms with E-state index in [0.29, 0.717) is 18.1 Å². The van der Waals surface area contributed by atoms with Crippen molar-refractivity contribution in [3.8, 4) is 22.9 Å². The smallest absolute Gasteiger partial charge is 0.178 e. The summed E-state index contributed by atoms with van der Waals surface area (Å²) < 4.78 is 11.4. The number of hydrogen-bond donors (Lipinski definition) is 1. The van der Waals surface area contributed by atoms with E-state index < -0.39 is 0 Å². The SMILES string of the molecule is COc1ccc(OCc2ccccc2)cc1-c1nc2ncccc2[nH]1. The van der Waals surface area contributed by atoms with Crippen LogP contribution in [0.4, 0.5) is 0 Å². The summed E-state index contributed by atoms with van der Waals surface area (Å²) in [5.41, 5.74) is 3.52. The van der Waals surface area contributed by atoms with Crippen molar-refractivity contribution in [2.75, 3.05) is 7.11 Å². The number of benzene rings is 2. The highest BCUT2D eigenvalue weighted by Gasteiger charge is 2.12. The topological polar surface area (TPSA) is 60.0 Å². The molecule has 0 spiro atoms. The molecule has 124 valence electrons. The lowest BCUT2D eigenvalue weighted by atomic mass is 10.1. The number of nitrogens with zero attached hydrogens (tertiary/aromatic N) is 2. The Morgan fingerprint density at radius 2 is 1.88 bits per heavy atom. The van der Waals surface area contributed by atoms with Crippen molar-refractivity contribution in [1.82, 2.24) is 15.0 Å². The lowest BCUT2D eigenvalue weighted by Gasteiger charge is -2.10. The van der Waals surface area contributed by atoms with Gasteiger partial charge >= 0.3 is 0 Å². The van der Waals surface area contributed by atoms with Crippen LogP contribution in [0.3, 0.4) is 0 Å². The third kappa shape index (κ3) is 3.17. The maximum Gasteiger partial charge on any atom is 0.178 e. The van der Waals surface area contributed by atoms with Crippen molar-refractivity contribution in [3.63, 3.8) is 0 Å². The first-order valence-corrected chi connectivity index (χ1v) is 7.99. The monoisotopic (exact) mass is 331 g/mol. The third-order valence-electron chi connectivity index (χ3n) is 3.93. The number of nitrogens with one attached hydrogen (secondary N) is 1. The van der Waals surface area contributed by atoms with Crippen LogP contribution in [-0.4, -0.2) is 22.1 Å². The Kier molecular flexibility index (Phi) is 4.04. The molecule has 0 amide bonds. The normalized spacial score (nSPS) is 10.8. The molecule has 0 bridgehead atoms. The quantitative estimate of drug-likeness (QED) is 0.595. The first kappa shape index (κ1) is 15.2. The van der Waals surface area contributed by atoms with E-state index in [9.17, 15) is 0 Å². The molecule has 1 N–H and O–H groups in total. The Morgan fingerprint density at radius 3 is 2.68 bits per heavy atom. The van der Waals surface area contributed by atoms with E-state index in [1.807, 2.05) is 60.7 Å². The van der Waals surface area contributed by atoms with Crippen LogP contribution >= 0.6 is 0 Å². The van der Waals surface area contributed by atoms with E-state index in [4.69, 9.17) is 9.47 Å². The minimum atomic E-state index is 0.508. The number of methoxy groups -OCH3 is 1. The Morgan fingerprint density at radius 1 is 1.00 bits per heavy atom. The number of fused-ring (bicyclic) bond motifs is 1. The van der Waals surface area contributed by atoms with Gasteiger partial charge in [0.15, 0.2) is 5.65 Å². The molecule has 4 rings (SSSR count). The third-order valence-corrected chi connectivity index (χ3v) is 3.93. The predicted molar refractivity (Wildman–Crippen MR) is 96.7 cm³/mol. The molecule has 0 atom stereocenters. The molecule has 0 fully saturated rings. The van der Waals surface area contributed by atoms with Crippen LogP contribution in [0.15, 0.2) is 66.9 Å². The van der Waals surface area contributed by atoms with Gasteiger partial charge in [-0.2, -0.15) is 0 Å². The van der Waals surface area contributed by atoms with Gasteiger partial charge in [0, 0.05) is 6.20 Å². The average molecular weight is 331 g/mol. The van der Waals surface area contributed by atoms with E-state index in [1.54, 1.807) is 13.3 Å². The zero-order chi connectivity index (χ0) is 17.1. The van der Waals surface area contributed by atoms with E-state index in [2.05, 4.69) is 15.0 Å². The van der Waals surface area contributed by atoms with Crippen LogP contribution in [0.25, 0.3) is 22.6 Å². The molecule has 5 nitrogen and oxygen atoms in total. The van der Waals surface area contributed by atoms with Crippen LogP contribution in [0.2, 0.25) is 0 Å². The largest absolute Gasteiger partial charge is 0.496 e. The van der Waals surface area contributed by atoms with Crippen molar-refractivity contribution in [2.45, 2.75) is 6.61 Å². The van der Waals surface area contributed by atoms with Crippen molar-refractivity contribution >= 4 is 11.2 Å². The zero-order valence-corrected chi connectivity index (χ0v) is 13.8. The molecule has 0 saturated carbocycles. The molecule has 4 aromatic rings. The lowest BCUT2D eigenvalue weighted by molar-refractivity contribution is 0.305. The summed E-state index contributed by atoms with van der Waals surface area (Å²) in [5, 5.41) is 0. The number of ether oxygens (including phenoxy) is 2. The van der Waals surface area contributed by atoms with Gasteiger partial charge in [-0.3, -0.25) is 0 Å². The number of pyridine rings is 1. The second-order valence-electron chi connectivity index (χ2n) is 5.60. The van der Waals surface area contributed by atoms with Crippen LogP contribution < -0.4 is 9.47 Å².